The molecule has 2 aromatic rings. The maximum atomic E-state index is 13.8. The molecule has 0 saturated heterocycles. The summed E-state index contributed by atoms with van der Waals surface area (Å²) in [6, 6.07) is 4.51. The van der Waals surface area contributed by atoms with Crippen LogP contribution in [0.4, 0.5) is 0 Å². The van der Waals surface area contributed by atoms with Gasteiger partial charge in [-0.3, -0.25) is 9.59 Å². The second kappa shape index (κ2) is 8.03. The van der Waals surface area contributed by atoms with Crippen molar-refractivity contribution in [3.05, 3.63) is 23.2 Å². The van der Waals surface area contributed by atoms with Crippen molar-refractivity contribution in [3.8, 4) is 0 Å². The number of aromatic nitrogens is 1. The van der Waals surface area contributed by atoms with E-state index in [1.807, 2.05) is 17.9 Å². The molecule has 0 aromatic carbocycles. The van der Waals surface area contributed by atoms with Crippen molar-refractivity contribution >= 4 is 33.4 Å². The second-order valence-electron chi connectivity index (χ2n) is 9.69. The molecule has 30 heavy (non-hydrogen) atoms. The van der Waals surface area contributed by atoms with Gasteiger partial charge in [0.1, 0.15) is 11.2 Å². The van der Waals surface area contributed by atoms with Crippen molar-refractivity contribution in [1.82, 2.24) is 14.8 Å². The topological polar surface area (TPSA) is 54.3 Å². The van der Waals surface area contributed by atoms with Gasteiger partial charge in [0.15, 0.2) is 0 Å². The number of hydrogen-bond acceptors (Lipinski definition) is 3. The maximum absolute atomic E-state index is 13.8. The molecule has 0 radical (unpaired) electrons. The minimum Gasteiger partial charge on any atom is -0.351 e. The summed E-state index contributed by atoms with van der Waals surface area (Å²) >= 11 is 1.67. The summed E-state index contributed by atoms with van der Waals surface area (Å²) in [6.07, 6.45) is 12.6. The number of carbonyl (C=O) groups excluding carboxylic acids is 2. The largest absolute Gasteiger partial charge is 0.351 e. The lowest BCUT2D eigenvalue weighted by atomic mass is 9.90. The first-order chi connectivity index (χ1) is 14.6. The highest BCUT2D eigenvalue weighted by molar-refractivity contribution is 7.17. The third kappa shape index (κ3) is 3.37. The zero-order valence-electron chi connectivity index (χ0n) is 18.0. The molecule has 3 heterocycles. The predicted molar refractivity (Wildman–Crippen MR) is 121 cm³/mol. The highest BCUT2D eigenvalue weighted by atomic mass is 32.1. The predicted octanol–water partition coefficient (Wildman–Crippen LogP) is 5.09. The molecule has 5 nitrogen and oxygen atoms in total. The van der Waals surface area contributed by atoms with Gasteiger partial charge in [0, 0.05) is 12.1 Å². The molecule has 2 aliphatic carbocycles. The SMILES string of the molecule is C[C@@]1(C(=O)NC2CCCCCCC2)Cn2c(cc3sccc32)C(=O)N1C1CCCC1. The molecule has 1 atom stereocenters. The second-order valence-corrected chi connectivity index (χ2v) is 10.6. The van der Waals surface area contributed by atoms with Crippen LogP contribution >= 0.6 is 11.3 Å². The van der Waals surface area contributed by atoms with Gasteiger partial charge in [-0.25, -0.2) is 0 Å². The fourth-order valence-corrected chi connectivity index (χ4v) is 6.73. The third-order valence-electron chi connectivity index (χ3n) is 7.58. The molecule has 1 N–H and O–H groups in total. The smallest absolute Gasteiger partial charge is 0.271 e. The van der Waals surface area contributed by atoms with E-state index < -0.39 is 5.54 Å². The minimum absolute atomic E-state index is 0.0341. The monoisotopic (exact) mass is 427 g/mol. The summed E-state index contributed by atoms with van der Waals surface area (Å²) in [6.45, 7) is 2.55. The average Bonchev–Trinajstić information content (AvgIpc) is 3.42. The molecule has 2 saturated carbocycles. The van der Waals surface area contributed by atoms with Crippen LogP contribution in [0.5, 0.6) is 0 Å². The number of rotatable bonds is 3. The first kappa shape index (κ1) is 20.1. The van der Waals surface area contributed by atoms with Crippen LogP contribution in [0.3, 0.4) is 0 Å². The number of thiophene rings is 1. The molecule has 162 valence electrons. The summed E-state index contributed by atoms with van der Waals surface area (Å²) in [5.74, 6) is 0.0721. The Morgan fingerprint density at radius 3 is 2.47 bits per heavy atom. The summed E-state index contributed by atoms with van der Waals surface area (Å²) in [4.78, 5) is 29.5. The Kier molecular flexibility index (Phi) is 5.38. The van der Waals surface area contributed by atoms with Crippen molar-refractivity contribution in [3.63, 3.8) is 0 Å². The molecule has 2 aromatic heterocycles. The van der Waals surface area contributed by atoms with E-state index in [2.05, 4.69) is 21.3 Å². The molecule has 0 bridgehead atoms. The van der Waals surface area contributed by atoms with Crippen molar-refractivity contribution in [2.24, 2.45) is 0 Å². The number of fused-ring (bicyclic) bond motifs is 3. The van der Waals surface area contributed by atoms with Crippen LogP contribution in [0, 0.1) is 0 Å². The van der Waals surface area contributed by atoms with Crippen molar-refractivity contribution in [2.45, 2.75) is 102 Å². The van der Waals surface area contributed by atoms with Crippen LogP contribution in [-0.2, 0) is 11.3 Å². The average molecular weight is 428 g/mol. The Morgan fingerprint density at radius 1 is 1.07 bits per heavy atom. The van der Waals surface area contributed by atoms with Crippen LogP contribution < -0.4 is 5.32 Å². The number of carbonyl (C=O) groups is 2. The molecular formula is C24H33N3O2S. The van der Waals surface area contributed by atoms with Gasteiger partial charge in [-0.05, 0) is 50.1 Å². The number of hydrogen-bond donors (Lipinski definition) is 1. The van der Waals surface area contributed by atoms with E-state index in [1.54, 1.807) is 11.3 Å². The fourth-order valence-electron chi connectivity index (χ4n) is 5.91. The minimum atomic E-state index is -0.838. The highest BCUT2D eigenvalue weighted by Crippen LogP contribution is 2.39. The lowest BCUT2D eigenvalue weighted by Gasteiger charge is -2.47. The number of amides is 2. The third-order valence-corrected chi connectivity index (χ3v) is 8.43. The van der Waals surface area contributed by atoms with Gasteiger partial charge in [-0.2, -0.15) is 0 Å². The van der Waals surface area contributed by atoms with E-state index in [1.165, 1.54) is 32.1 Å². The van der Waals surface area contributed by atoms with Gasteiger partial charge in [0.2, 0.25) is 5.91 Å². The summed E-state index contributed by atoms with van der Waals surface area (Å²) in [5.41, 5.74) is 0.995. The quantitative estimate of drug-likeness (QED) is 0.742. The molecule has 0 spiro atoms. The highest BCUT2D eigenvalue weighted by Gasteiger charge is 2.51. The van der Waals surface area contributed by atoms with Gasteiger partial charge >= 0.3 is 0 Å². The summed E-state index contributed by atoms with van der Waals surface area (Å²) in [5, 5.41) is 5.46. The zero-order chi connectivity index (χ0) is 20.7. The summed E-state index contributed by atoms with van der Waals surface area (Å²) < 4.78 is 3.23. The van der Waals surface area contributed by atoms with Crippen molar-refractivity contribution in [1.29, 1.82) is 0 Å². The Bertz CT molecular complexity index is 934. The lowest BCUT2D eigenvalue weighted by Crippen LogP contribution is -2.67. The molecule has 2 fully saturated rings. The maximum Gasteiger partial charge on any atom is 0.271 e. The van der Waals surface area contributed by atoms with Crippen LogP contribution in [0.15, 0.2) is 17.5 Å². The first-order valence-corrected chi connectivity index (χ1v) is 12.7. The van der Waals surface area contributed by atoms with Crippen LogP contribution in [0.2, 0.25) is 0 Å². The normalized spacial score (nSPS) is 26.6. The Morgan fingerprint density at radius 2 is 1.73 bits per heavy atom. The van der Waals surface area contributed by atoms with E-state index >= 15 is 0 Å². The molecule has 6 heteroatoms. The molecular weight excluding hydrogens is 394 g/mol. The van der Waals surface area contributed by atoms with Crippen molar-refractivity contribution in [2.75, 3.05) is 0 Å². The van der Waals surface area contributed by atoms with E-state index in [-0.39, 0.29) is 23.9 Å². The Labute approximate surface area is 182 Å². The van der Waals surface area contributed by atoms with Crippen LogP contribution in [-0.4, -0.2) is 38.9 Å². The number of nitrogens with zero attached hydrogens (tertiary/aromatic N) is 2. The Balaban J connectivity index is 1.48. The molecule has 3 aliphatic rings. The van der Waals surface area contributed by atoms with E-state index in [9.17, 15) is 9.59 Å². The van der Waals surface area contributed by atoms with Gasteiger partial charge < -0.3 is 14.8 Å². The van der Waals surface area contributed by atoms with E-state index in [0.717, 1.165) is 54.4 Å². The van der Waals surface area contributed by atoms with Gasteiger partial charge in [0.25, 0.3) is 5.91 Å². The van der Waals surface area contributed by atoms with Crippen LogP contribution in [0.25, 0.3) is 10.2 Å². The van der Waals surface area contributed by atoms with E-state index in [4.69, 9.17) is 0 Å². The molecule has 5 rings (SSSR count). The number of nitrogens with one attached hydrogen (secondary N) is 1. The summed E-state index contributed by atoms with van der Waals surface area (Å²) in [7, 11) is 0. The van der Waals surface area contributed by atoms with Gasteiger partial charge in [0.05, 0.1) is 16.8 Å². The first-order valence-electron chi connectivity index (χ1n) is 11.8. The molecule has 2 amide bonds. The zero-order valence-corrected chi connectivity index (χ0v) is 18.8. The molecule has 1 aliphatic heterocycles. The van der Waals surface area contributed by atoms with E-state index in [0.29, 0.717) is 6.54 Å². The van der Waals surface area contributed by atoms with Gasteiger partial charge in [-0.15, -0.1) is 11.3 Å². The fraction of sp³-hybridized carbons (Fsp3) is 0.667. The Hall–Kier alpha value is -1.82. The lowest BCUT2D eigenvalue weighted by molar-refractivity contribution is -0.135. The standard InChI is InChI=1S/C24H33N3O2S/c1-24(23(29)25-17-9-5-3-2-4-6-10-17)16-26-19-13-14-30-21(19)15-20(26)22(28)27(24)18-11-7-8-12-18/h13-15,17-18H,2-12,16H2,1H3,(H,25,29)/t24-/m0/s1. The van der Waals surface area contributed by atoms with Gasteiger partial charge in [-0.1, -0.05) is 44.9 Å². The molecule has 0 unspecified atom stereocenters. The van der Waals surface area contributed by atoms with Crippen molar-refractivity contribution < 1.29 is 9.59 Å². The van der Waals surface area contributed by atoms with Crippen LogP contribution in [0.1, 0.15) is 88.0 Å².